The number of amides is 1. The smallest absolute Gasteiger partial charge is 0.261 e. The lowest BCUT2D eigenvalue weighted by Crippen LogP contribution is -2.26. The first-order chi connectivity index (χ1) is 15.3. The van der Waals surface area contributed by atoms with E-state index in [2.05, 4.69) is 10.3 Å². The first-order valence-corrected chi connectivity index (χ1v) is 11.9. The van der Waals surface area contributed by atoms with Crippen LogP contribution in [0.15, 0.2) is 40.7 Å². The molecule has 10 heteroatoms. The Labute approximate surface area is 203 Å². The van der Waals surface area contributed by atoms with Crippen LogP contribution >= 0.6 is 45.9 Å². The van der Waals surface area contributed by atoms with Gasteiger partial charge in [-0.1, -0.05) is 29.3 Å². The van der Waals surface area contributed by atoms with Crippen LogP contribution in [-0.4, -0.2) is 49.3 Å². The summed E-state index contributed by atoms with van der Waals surface area (Å²) >= 11 is 14.5. The highest BCUT2D eigenvalue weighted by Crippen LogP contribution is 2.40. The van der Waals surface area contributed by atoms with Gasteiger partial charge in [0.2, 0.25) is 0 Å². The fourth-order valence-corrected chi connectivity index (χ4v) is 4.92. The van der Waals surface area contributed by atoms with Crippen LogP contribution in [0, 0.1) is 0 Å². The maximum atomic E-state index is 12.5. The van der Waals surface area contributed by atoms with Gasteiger partial charge in [0.1, 0.15) is 12.3 Å². The summed E-state index contributed by atoms with van der Waals surface area (Å²) in [5.74, 6) is -0.373. The van der Waals surface area contributed by atoms with Gasteiger partial charge in [-0.05, 0) is 36.8 Å². The number of Topliss-reactive ketones (excluding diaryl/α,β-unsaturated/α-hetero) is 1. The zero-order chi connectivity index (χ0) is 23.3. The first kappa shape index (κ1) is 24.4. The molecule has 1 aromatic carbocycles. The van der Waals surface area contributed by atoms with Gasteiger partial charge in [0.15, 0.2) is 5.78 Å². The number of hydrogen-bond donors (Lipinski definition) is 2. The van der Waals surface area contributed by atoms with E-state index in [0.29, 0.717) is 49.1 Å². The van der Waals surface area contributed by atoms with Gasteiger partial charge < -0.3 is 15.2 Å². The number of ketones is 1. The maximum Gasteiger partial charge on any atom is 0.261 e. The molecule has 2 heterocycles. The molecule has 6 nitrogen and oxygen atoms in total. The lowest BCUT2D eigenvalue weighted by atomic mass is 10.1. The second-order valence-corrected chi connectivity index (χ2v) is 9.47. The minimum absolute atomic E-state index is 0.0771. The van der Waals surface area contributed by atoms with Crippen LogP contribution in [0.1, 0.15) is 31.8 Å². The Bertz CT molecular complexity index is 1170. The van der Waals surface area contributed by atoms with Crippen molar-refractivity contribution in [1.29, 1.82) is 0 Å². The predicted molar refractivity (Wildman–Crippen MR) is 131 cm³/mol. The Morgan fingerprint density at radius 1 is 1.16 bits per heavy atom. The summed E-state index contributed by atoms with van der Waals surface area (Å²) in [6.07, 6.45) is 0. The predicted octanol–water partition coefficient (Wildman–Crippen LogP) is 5.56. The van der Waals surface area contributed by atoms with Gasteiger partial charge in [-0.2, -0.15) is 0 Å². The van der Waals surface area contributed by atoms with Crippen LogP contribution in [0.3, 0.4) is 0 Å². The summed E-state index contributed by atoms with van der Waals surface area (Å²) in [6.45, 7) is 2.46. The number of carbonyl (C=O) groups excluding carboxylic acids is 2. The SMILES string of the molecule is COCCNC(=O)c1ccc(C(=O)CN=C(C)c2csc(-c3ccc(Cl)c(Cl)c3)c2O)s1. The van der Waals surface area contributed by atoms with E-state index in [0.717, 1.165) is 16.9 Å². The molecular weight excluding hydrogens is 491 g/mol. The Hall–Kier alpha value is -2.23. The van der Waals surface area contributed by atoms with E-state index in [1.54, 1.807) is 49.7 Å². The molecule has 0 radical (unpaired) electrons. The monoisotopic (exact) mass is 510 g/mol. The van der Waals surface area contributed by atoms with Crippen LogP contribution in [0.25, 0.3) is 10.4 Å². The summed E-state index contributed by atoms with van der Waals surface area (Å²) in [4.78, 5) is 30.5. The molecule has 3 rings (SSSR count). The summed E-state index contributed by atoms with van der Waals surface area (Å²) in [7, 11) is 1.56. The summed E-state index contributed by atoms with van der Waals surface area (Å²) in [5, 5.41) is 16.0. The number of ether oxygens (including phenoxy) is 1. The number of carbonyl (C=O) groups is 2. The highest BCUT2D eigenvalue weighted by atomic mass is 35.5. The van der Waals surface area contributed by atoms with Crippen LogP contribution in [0.5, 0.6) is 5.75 Å². The average molecular weight is 511 g/mol. The quantitative estimate of drug-likeness (QED) is 0.224. The highest BCUT2D eigenvalue weighted by Gasteiger charge is 2.17. The van der Waals surface area contributed by atoms with Crippen molar-refractivity contribution in [3.8, 4) is 16.2 Å². The molecule has 0 unspecified atom stereocenters. The minimum Gasteiger partial charge on any atom is -0.506 e. The third kappa shape index (κ3) is 5.76. The zero-order valence-corrected chi connectivity index (χ0v) is 20.4. The molecule has 1 amide bonds. The van der Waals surface area contributed by atoms with Gasteiger partial charge >= 0.3 is 0 Å². The first-order valence-electron chi connectivity index (χ1n) is 9.49. The van der Waals surface area contributed by atoms with Gasteiger partial charge in [0.05, 0.1) is 31.3 Å². The van der Waals surface area contributed by atoms with E-state index in [9.17, 15) is 14.7 Å². The van der Waals surface area contributed by atoms with E-state index >= 15 is 0 Å². The maximum absolute atomic E-state index is 12.5. The van der Waals surface area contributed by atoms with Crippen LogP contribution in [-0.2, 0) is 4.74 Å². The van der Waals surface area contributed by atoms with Crippen molar-refractivity contribution in [2.24, 2.45) is 4.99 Å². The number of nitrogens with one attached hydrogen (secondary N) is 1. The zero-order valence-electron chi connectivity index (χ0n) is 17.3. The number of nitrogens with zero attached hydrogens (tertiary/aromatic N) is 1. The molecule has 0 spiro atoms. The van der Waals surface area contributed by atoms with E-state index < -0.39 is 0 Å². The van der Waals surface area contributed by atoms with Gasteiger partial charge in [0.25, 0.3) is 5.91 Å². The number of thiophene rings is 2. The highest BCUT2D eigenvalue weighted by molar-refractivity contribution is 7.16. The van der Waals surface area contributed by atoms with Gasteiger partial charge in [-0.3, -0.25) is 14.6 Å². The van der Waals surface area contributed by atoms with Crippen LogP contribution in [0.4, 0.5) is 0 Å². The molecule has 2 N–H and O–H groups in total. The Balaban J connectivity index is 1.68. The molecular formula is C22H20Cl2N2O4S2. The largest absolute Gasteiger partial charge is 0.506 e. The van der Waals surface area contributed by atoms with Crippen molar-refractivity contribution in [3.05, 3.63) is 61.1 Å². The minimum atomic E-state index is -0.246. The molecule has 0 saturated carbocycles. The van der Waals surface area contributed by atoms with Crippen molar-refractivity contribution in [1.82, 2.24) is 5.32 Å². The summed E-state index contributed by atoms with van der Waals surface area (Å²) < 4.78 is 4.90. The molecule has 0 aliphatic heterocycles. The molecule has 0 bridgehead atoms. The lowest BCUT2D eigenvalue weighted by molar-refractivity contribution is 0.0940. The van der Waals surface area contributed by atoms with Crippen molar-refractivity contribution >= 4 is 63.3 Å². The molecule has 0 fully saturated rings. The second-order valence-electron chi connectivity index (χ2n) is 6.69. The van der Waals surface area contributed by atoms with E-state index in [1.165, 1.54) is 11.3 Å². The molecule has 3 aromatic rings. The van der Waals surface area contributed by atoms with Crippen LogP contribution < -0.4 is 5.32 Å². The fourth-order valence-electron chi connectivity index (χ4n) is 2.77. The van der Waals surface area contributed by atoms with E-state index in [4.69, 9.17) is 27.9 Å². The second kappa shape index (κ2) is 11.1. The third-order valence-electron chi connectivity index (χ3n) is 4.49. The molecule has 168 valence electrons. The Morgan fingerprint density at radius 3 is 2.62 bits per heavy atom. The van der Waals surface area contributed by atoms with Gasteiger partial charge in [-0.25, -0.2) is 0 Å². The standard InChI is InChI=1S/C22H20Cl2N2O4S2/c1-12(14-11-31-21(20(14)28)13-3-4-15(23)16(24)9-13)26-10-17(27)18-5-6-19(32-18)22(29)25-7-8-30-2/h3-6,9,11,28H,7-8,10H2,1-2H3,(H,25,29). The molecule has 0 atom stereocenters. The number of rotatable bonds is 9. The Morgan fingerprint density at radius 2 is 1.91 bits per heavy atom. The van der Waals surface area contributed by atoms with Gasteiger partial charge in [-0.15, -0.1) is 22.7 Å². The number of aliphatic imine (C=N–C) groups is 1. The third-order valence-corrected chi connectivity index (χ3v) is 7.37. The van der Waals surface area contributed by atoms with Crippen molar-refractivity contribution in [2.45, 2.75) is 6.92 Å². The van der Waals surface area contributed by atoms with Crippen molar-refractivity contribution in [3.63, 3.8) is 0 Å². The fraction of sp³-hybridized carbons (Fsp3) is 0.227. The van der Waals surface area contributed by atoms with E-state index in [1.807, 2.05) is 0 Å². The molecule has 2 aromatic heterocycles. The Kier molecular flexibility index (Phi) is 8.44. The molecule has 0 aliphatic rings. The van der Waals surface area contributed by atoms with Gasteiger partial charge in [0, 0.05) is 30.3 Å². The lowest BCUT2D eigenvalue weighted by Gasteiger charge is -2.03. The number of hydrogen-bond acceptors (Lipinski definition) is 7. The topological polar surface area (TPSA) is 88.0 Å². The van der Waals surface area contributed by atoms with Crippen molar-refractivity contribution < 1.29 is 19.4 Å². The number of aromatic hydroxyl groups is 1. The van der Waals surface area contributed by atoms with Crippen LogP contribution in [0.2, 0.25) is 10.0 Å². The summed E-state index contributed by atoms with van der Waals surface area (Å²) in [5.41, 5.74) is 1.83. The summed E-state index contributed by atoms with van der Waals surface area (Å²) in [6, 6.07) is 8.37. The molecule has 0 aliphatic carbocycles. The molecule has 32 heavy (non-hydrogen) atoms. The number of methoxy groups -OCH3 is 1. The van der Waals surface area contributed by atoms with E-state index in [-0.39, 0.29) is 24.0 Å². The van der Waals surface area contributed by atoms with Crippen molar-refractivity contribution in [2.75, 3.05) is 26.8 Å². The number of benzene rings is 1. The normalized spacial score (nSPS) is 11.6. The number of halogens is 2. The molecule has 0 saturated heterocycles. The average Bonchev–Trinajstić information content (AvgIpc) is 3.41.